The lowest BCUT2D eigenvalue weighted by Gasteiger charge is -2.40. The summed E-state index contributed by atoms with van der Waals surface area (Å²) in [6.45, 7) is 6.14. The molecule has 2 N–H and O–H groups in total. The molecule has 1 amide bonds. The van der Waals surface area contributed by atoms with E-state index in [9.17, 15) is 4.79 Å². The predicted molar refractivity (Wildman–Crippen MR) is 102 cm³/mol. The fourth-order valence-corrected chi connectivity index (χ4v) is 3.69. The molecule has 2 aliphatic heterocycles. The van der Waals surface area contributed by atoms with E-state index in [1.54, 1.807) is 18.5 Å². The molecular formula is C19H23ClN4O3. The van der Waals surface area contributed by atoms with Gasteiger partial charge in [-0.15, -0.1) is 0 Å². The fourth-order valence-electron chi connectivity index (χ4n) is 3.53. The van der Waals surface area contributed by atoms with E-state index in [2.05, 4.69) is 9.97 Å². The number of halogens is 1. The highest BCUT2D eigenvalue weighted by Crippen LogP contribution is 2.33. The van der Waals surface area contributed by atoms with Crippen LogP contribution in [0.5, 0.6) is 5.88 Å². The van der Waals surface area contributed by atoms with Crippen molar-refractivity contribution in [2.45, 2.75) is 31.9 Å². The van der Waals surface area contributed by atoms with E-state index in [-0.39, 0.29) is 17.9 Å². The average molecular weight is 391 g/mol. The second kappa shape index (κ2) is 6.89. The Balaban J connectivity index is 1.51. The van der Waals surface area contributed by atoms with Crippen molar-refractivity contribution in [3.63, 3.8) is 0 Å². The van der Waals surface area contributed by atoms with Crippen LogP contribution < -0.4 is 10.5 Å². The Kier molecular flexibility index (Phi) is 4.70. The molecule has 0 radical (unpaired) electrons. The topological polar surface area (TPSA) is 90.6 Å². The Labute approximate surface area is 162 Å². The van der Waals surface area contributed by atoms with E-state index in [1.165, 1.54) is 0 Å². The molecule has 0 aromatic carbocycles. The van der Waals surface area contributed by atoms with Gasteiger partial charge in [0, 0.05) is 24.5 Å². The lowest BCUT2D eigenvalue weighted by molar-refractivity contribution is -0.144. The number of likely N-dealkylation sites (tertiary alicyclic amines) is 1. The summed E-state index contributed by atoms with van der Waals surface area (Å²) in [5, 5.41) is 2.04. The quantitative estimate of drug-likeness (QED) is 0.804. The van der Waals surface area contributed by atoms with Crippen LogP contribution in [0, 0.1) is 5.92 Å². The lowest BCUT2D eigenvalue weighted by Crippen LogP contribution is -2.57. The second-order valence-corrected chi connectivity index (χ2v) is 8.18. The molecule has 2 aliphatic rings. The minimum atomic E-state index is -0.572. The summed E-state index contributed by atoms with van der Waals surface area (Å²) >= 11 is 6.09. The lowest BCUT2D eigenvalue weighted by atomic mass is 9.93. The first-order valence-corrected chi connectivity index (χ1v) is 9.47. The number of nitrogens with two attached hydrogens (primary N) is 1. The van der Waals surface area contributed by atoms with Crippen molar-refractivity contribution in [2.75, 3.05) is 26.3 Å². The van der Waals surface area contributed by atoms with Gasteiger partial charge in [-0.2, -0.15) is 0 Å². The van der Waals surface area contributed by atoms with Crippen LogP contribution in [0.4, 0.5) is 0 Å². The highest BCUT2D eigenvalue weighted by atomic mass is 35.5. The molecule has 1 unspecified atom stereocenters. The molecule has 1 atom stereocenters. The number of hydrogen-bond acceptors (Lipinski definition) is 6. The Morgan fingerprint density at radius 3 is 2.78 bits per heavy atom. The van der Waals surface area contributed by atoms with Gasteiger partial charge in [0.25, 0.3) is 0 Å². The van der Waals surface area contributed by atoms with Crippen molar-refractivity contribution in [2.24, 2.45) is 11.7 Å². The van der Waals surface area contributed by atoms with Gasteiger partial charge in [-0.1, -0.05) is 11.6 Å². The maximum atomic E-state index is 12.4. The standard InChI is InChI=1S/C19H23ClN4O3/c1-19(2,21)15-7-23-17(14-6-22-16(20)5-13(14)15)27-12-8-24(9-12)18(25)11-3-4-26-10-11/h5-7,11-12H,3-4,8-10,21H2,1-2H3. The van der Waals surface area contributed by atoms with Crippen LogP contribution in [0.15, 0.2) is 18.5 Å². The maximum absolute atomic E-state index is 12.4. The van der Waals surface area contributed by atoms with Gasteiger partial charge >= 0.3 is 0 Å². The number of fused-ring (bicyclic) bond motifs is 1. The molecule has 8 heteroatoms. The number of ether oxygens (including phenoxy) is 2. The van der Waals surface area contributed by atoms with Crippen LogP contribution in [-0.4, -0.2) is 53.2 Å². The highest BCUT2D eigenvalue weighted by molar-refractivity contribution is 6.30. The van der Waals surface area contributed by atoms with Gasteiger partial charge in [0.05, 0.1) is 31.0 Å². The number of carbonyl (C=O) groups excluding carboxylic acids is 1. The Morgan fingerprint density at radius 2 is 2.11 bits per heavy atom. The van der Waals surface area contributed by atoms with E-state index in [1.807, 2.05) is 18.7 Å². The van der Waals surface area contributed by atoms with Gasteiger partial charge in [0.2, 0.25) is 11.8 Å². The zero-order valence-electron chi connectivity index (χ0n) is 15.4. The molecule has 2 saturated heterocycles. The van der Waals surface area contributed by atoms with Crippen LogP contribution in [0.3, 0.4) is 0 Å². The summed E-state index contributed by atoms with van der Waals surface area (Å²) in [4.78, 5) is 22.8. The number of aromatic nitrogens is 2. The van der Waals surface area contributed by atoms with Gasteiger partial charge in [-0.3, -0.25) is 4.79 Å². The number of hydrogen-bond donors (Lipinski definition) is 1. The third-order valence-electron chi connectivity index (χ3n) is 5.11. The first-order chi connectivity index (χ1) is 12.8. The molecule has 4 heterocycles. The average Bonchev–Trinajstić information content (AvgIpc) is 3.10. The molecule has 0 saturated carbocycles. The van der Waals surface area contributed by atoms with E-state index in [4.69, 9.17) is 26.8 Å². The molecule has 0 bridgehead atoms. The smallest absolute Gasteiger partial charge is 0.228 e. The molecule has 7 nitrogen and oxygen atoms in total. The third kappa shape index (κ3) is 3.59. The maximum Gasteiger partial charge on any atom is 0.228 e. The first-order valence-electron chi connectivity index (χ1n) is 9.10. The fraction of sp³-hybridized carbons (Fsp3) is 0.526. The van der Waals surface area contributed by atoms with E-state index >= 15 is 0 Å². The minimum Gasteiger partial charge on any atom is -0.470 e. The summed E-state index contributed by atoms with van der Waals surface area (Å²) in [6.07, 6.45) is 4.10. The molecule has 27 heavy (non-hydrogen) atoms. The molecule has 2 aromatic heterocycles. The summed E-state index contributed by atoms with van der Waals surface area (Å²) in [7, 11) is 0. The van der Waals surface area contributed by atoms with Gasteiger partial charge in [-0.05, 0) is 37.3 Å². The molecular weight excluding hydrogens is 368 g/mol. The molecule has 2 fully saturated rings. The van der Waals surface area contributed by atoms with Crippen molar-refractivity contribution in [1.29, 1.82) is 0 Å². The van der Waals surface area contributed by atoms with Gasteiger partial charge in [-0.25, -0.2) is 9.97 Å². The van der Waals surface area contributed by atoms with Crippen molar-refractivity contribution in [3.8, 4) is 5.88 Å². The summed E-state index contributed by atoms with van der Waals surface area (Å²) < 4.78 is 11.4. The summed E-state index contributed by atoms with van der Waals surface area (Å²) in [5.74, 6) is 0.629. The molecule has 2 aromatic rings. The van der Waals surface area contributed by atoms with E-state index < -0.39 is 5.54 Å². The Hall–Kier alpha value is -1.96. The first kappa shape index (κ1) is 18.4. The SMILES string of the molecule is CC(C)(N)c1cnc(OC2CN(C(=O)C3CCOC3)C2)c2cnc(Cl)cc12. The summed E-state index contributed by atoms with van der Waals surface area (Å²) in [6, 6.07) is 1.78. The van der Waals surface area contributed by atoms with Crippen LogP contribution in [0.2, 0.25) is 5.15 Å². The zero-order valence-corrected chi connectivity index (χ0v) is 16.2. The summed E-state index contributed by atoms with van der Waals surface area (Å²) in [5.41, 5.74) is 6.58. The van der Waals surface area contributed by atoms with Crippen LogP contribution >= 0.6 is 11.6 Å². The zero-order chi connectivity index (χ0) is 19.2. The second-order valence-electron chi connectivity index (χ2n) is 7.79. The monoisotopic (exact) mass is 390 g/mol. The van der Waals surface area contributed by atoms with Crippen molar-refractivity contribution in [3.05, 3.63) is 29.2 Å². The van der Waals surface area contributed by atoms with Crippen LogP contribution in [0.1, 0.15) is 25.8 Å². The number of rotatable bonds is 4. The van der Waals surface area contributed by atoms with Gasteiger partial charge in [0.1, 0.15) is 11.3 Å². The van der Waals surface area contributed by atoms with E-state index in [0.29, 0.717) is 37.3 Å². The Bertz CT molecular complexity index is 871. The third-order valence-corrected chi connectivity index (χ3v) is 5.32. The van der Waals surface area contributed by atoms with Crippen molar-refractivity contribution in [1.82, 2.24) is 14.9 Å². The molecule has 0 spiro atoms. The number of amides is 1. The van der Waals surface area contributed by atoms with Crippen molar-refractivity contribution >= 4 is 28.3 Å². The highest BCUT2D eigenvalue weighted by Gasteiger charge is 2.37. The van der Waals surface area contributed by atoms with E-state index in [0.717, 1.165) is 22.8 Å². The largest absolute Gasteiger partial charge is 0.470 e. The predicted octanol–water partition coefficient (Wildman–Crippen LogP) is 2.10. The van der Waals surface area contributed by atoms with Gasteiger partial charge < -0.3 is 20.1 Å². The molecule has 4 rings (SSSR count). The number of nitrogens with zero attached hydrogens (tertiary/aromatic N) is 3. The van der Waals surface area contributed by atoms with Crippen LogP contribution in [-0.2, 0) is 15.1 Å². The minimum absolute atomic E-state index is 0.0117. The molecule has 0 aliphatic carbocycles. The van der Waals surface area contributed by atoms with Gasteiger partial charge in [0.15, 0.2) is 0 Å². The van der Waals surface area contributed by atoms with Crippen molar-refractivity contribution < 1.29 is 14.3 Å². The number of pyridine rings is 2. The van der Waals surface area contributed by atoms with Crippen LogP contribution in [0.25, 0.3) is 10.8 Å². The Morgan fingerprint density at radius 1 is 1.33 bits per heavy atom. The normalized spacial score (nSPS) is 20.7. The number of carbonyl (C=O) groups is 1. The molecule has 144 valence electrons.